The highest BCUT2D eigenvalue weighted by Gasteiger charge is 2.54. The van der Waals surface area contributed by atoms with E-state index in [0.29, 0.717) is 25.3 Å². The minimum absolute atomic E-state index is 0.00771. The van der Waals surface area contributed by atoms with Crippen LogP contribution in [0.4, 0.5) is 0 Å². The zero-order chi connectivity index (χ0) is 22.6. The second-order valence-electron chi connectivity index (χ2n) is 8.66. The summed E-state index contributed by atoms with van der Waals surface area (Å²) in [5, 5.41) is 3.16. The SMILES string of the molecule is COCCN1C(=O)c2ccccc2C(C(=O)NCc2ccccc2OC)C12CCCCC2. The number of nitrogens with zero attached hydrogens (tertiary/aromatic N) is 1. The molecule has 1 unspecified atom stereocenters. The molecule has 170 valence electrons. The molecule has 2 aromatic carbocycles. The summed E-state index contributed by atoms with van der Waals surface area (Å²) in [6, 6.07) is 15.3. The molecule has 1 fully saturated rings. The first kappa shape index (κ1) is 22.3. The lowest BCUT2D eigenvalue weighted by Gasteiger charge is -2.53. The molecule has 6 heteroatoms. The highest BCUT2D eigenvalue weighted by atomic mass is 16.5. The van der Waals surface area contributed by atoms with Crippen LogP contribution >= 0.6 is 0 Å². The van der Waals surface area contributed by atoms with E-state index in [2.05, 4.69) is 5.32 Å². The van der Waals surface area contributed by atoms with E-state index in [9.17, 15) is 9.59 Å². The van der Waals surface area contributed by atoms with Gasteiger partial charge in [0.2, 0.25) is 5.91 Å². The Bertz CT molecular complexity index is 968. The summed E-state index contributed by atoms with van der Waals surface area (Å²) >= 11 is 0. The third-order valence-corrected chi connectivity index (χ3v) is 6.97. The Morgan fingerprint density at radius 2 is 1.78 bits per heavy atom. The fraction of sp³-hybridized carbons (Fsp3) is 0.462. The molecular weight excluding hydrogens is 404 g/mol. The number of rotatable bonds is 7. The Hall–Kier alpha value is -2.86. The Balaban J connectivity index is 1.71. The zero-order valence-electron chi connectivity index (χ0n) is 18.9. The largest absolute Gasteiger partial charge is 0.496 e. The van der Waals surface area contributed by atoms with Gasteiger partial charge in [0.15, 0.2) is 0 Å². The maximum absolute atomic E-state index is 13.8. The molecule has 1 N–H and O–H groups in total. The average molecular weight is 437 g/mol. The topological polar surface area (TPSA) is 67.9 Å². The van der Waals surface area contributed by atoms with E-state index in [0.717, 1.165) is 49.0 Å². The number of para-hydroxylation sites is 1. The van der Waals surface area contributed by atoms with Gasteiger partial charge in [0.1, 0.15) is 5.75 Å². The average Bonchev–Trinajstić information content (AvgIpc) is 2.83. The van der Waals surface area contributed by atoms with Gasteiger partial charge in [0, 0.05) is 31.3 Å². The summed E-state index contributed by atoms with van der Waals surface area (Å²) in [5.41, 5.74) is 1.87. The number of carbonyl (C=O) groups excluding carboxylic acids is 2. The number of hydrogen-bond donors (Lipinski definition) is 1. The van der Waals surface area contributed by atoms with E-state index in [1.165, 1.54) is 0 Å². The molecule has 1 spiro atoms. The van der Waals surface area contributed by atoms with Gasteiger partial charge in [-0.3, -0.25) is 9.59 Å². The van der Waals surface area contributed by atoms with E-state index >= 15 is 0 Å². The molecule has 6 nitrogen and oxygen atoms in total. The molecule has 0 radical (unpaired) electrons. The van der Waals surface area contributed by atoms with Crippen LogP contribution in [0.5, 0.6) is 5.75 Å². The van der Waals surface area contributed by atoms with Gasteiger partial charge in [-0.1, -0.05) is 55.7 Å². The summed E-state index contributed by atoms with van der Waals surface area (Å²) < 4.78 is 10.8. The fourth-order valence-corrected chi connectivity index (χ4v) is 5.48. The molecule has 2 aliphatic rings. The third kappa shape index (κ3) is 3.99. The first-order chi connectivity index (χ1) is 15.6. The maximum atomic E-state index is 13.8. The van der Waals surface area contributed by atoms with Crippen molar-refractivity contribution < 1.29 is 19.1 Å². The van der Waals surface area contributed by atoms with Crippen molar-refractivity contribution in [3.8, 4) is 5.75 Å². The number of fused-ring (bicyclic) bond motifs is 1. The highest BCUT2D eigenvalue weighted by molar-refractivity contribution is 6.02. The first-order valence-corrected chi connectivity index (χ1v) is 11.4. The van der Waals surface area contributed by atoms with Crippen molar-refractivity contribution >= 4 is 11.8 Å². The van der Waals surface area contributed by atoms with Gasteiger partial charge in [-0.25, -0.2) is 0 Å². The van der Waals surface area contributed by atoms with Crippen LogP contribution < -0.4 is 10.1 Å². The van der Waals surface area contributed by atoms with E-state index in [1.807, 2.05) is 53.4 Å². The zero-order valence-corrected chi connectivity index (χ0v) is 18.9. The van der Waals surface area contributed by atoms with Crippen LogP contribution in [0.2, 0.25) is 0 Å². The number of carbonyl (C=O) groups is 2. The van der Waals surface area contributed by atoms with Gasteiger partial charge in [-0.2, -0.15) is 0 Å². The molecule has 2 amide bonds. The summed E-state index contributed by atoms with van der Waals surface area (Å²) in [4.78, 5) is 29.3. The normalized spacial score (nSPS) is 19.5. The molecule has 4 rings (SSSR count). The lowest BCUT2D eigenvalue weighted by Crippen LogP contribution is -2.63. The predicted molar refractivity (Wildman–Crippen MR) is 123 cm³/mol. The number of nitrogens with one attached hydrogen (secondary N) is 1. The Labute approximate surface area is 189 Å². The molecule has 0 aromatic heterocycles. The summed E-state index contributed by atoms with van der Waals surface area (Å²) in [7, 11) is 3.28. The molecule has 2 aromatic rings. The van der Waals surface area contributed by atoms with E-state index in [-0.39, 0.29) is 11.8 Å². The van der Waals surface area contributed by atoms with Crippen LogP contribution in [-0.4, -0.2) is 49.6 Å². The number of amides is 2. The van der Waals surface area contributed by atoms with Crippen LogP contribution in [0.15, 0.2) is 48.5 Å². The van der Waals surface area contributed by atoms with Crippen molar-refractivity contribution in [1.29, 1.82) is 0 Å². The van der Waals surface area contributed by atoms with E-state index in [1.54, 1.807) is 14.2 Å². The maximum Gasteiger partial charge on any atom is 0.254 e. The summed E-state index contributed by atoms with van der Waals surface area (Å²) in [5.74, 6) is 0.304. The van der Waals surface area contributed by atoms with Crippen LogP contribution in [0.3, 0.4) is 0 Å². The van der Waals surface area contributed by atoms with Gasteiger partial charge < -0.3 is 19.7 Å². The smallest absolute Gasteiger partial charge is 0.254 e. The minimum atomic E-state index is -0.521. The molecule has 32 heavy (non-hydrogen) atoms. The Morgan fingerprint density at radius 3 is 2.53 bits per heavy atom. The number of methoxy groups -OCH3 is 2. The van der Waals surface area contributed by atoms with Crippen LogP contribution in [0, 0.1) is 0 Å². The summed E-state index contributed by atoms with van der Waals surface area (Å²) in [6.07, 6.45) is 4.79. The van der Waals surface area contributed by atoms with E-state index in [4.69, 9.17) is 9.47 Å². The molecule has 1 aliphatic heterocycles. The monoisotopic (exact) mass is 436 g/mol. The van der Waals surface area contributed by atoms with Crippen LogP contribution in [0.25, 0.3) is 0 Å². The number of ether oxygens (including phenoxy) is 2. The predicted octanol–water partition coefficient (Wildman–Crippen LogP) is 3.90. The van der Waals surface area contributed by atoms with E-state index < -0.39 is 11.5 Å². The first-order valence-electron chi connectivity index (χ1n) is 11.4. The lowest BCUT2D eigenvalue weighted by atomic mass is 9.65. The lowest BCUT2D eigenvalue weighted by molar-refractivity contribution is -0.127. The number of benzene rings is 2. The molecule has 1 saturated carbocycles. The van der Waals surface area contributed by atoms with Crippen molar-refractivity contribution in [1.82, 2.24) is 10.2 Å². The van der Waals surface area contributed by atoms with Crippen molar-refractivity contribution in [2.24, 2.45) is 0 Å². The van der Waals surface area contributed by atoms with Gasteiger partial charge in [0.25, 0.3) is 5.91 Å². The molecule has 1 atom stereocenters. The van der Waals surface area contributed by atoms with Crippen molar-refractivity contribution in [2.45, 2.75) is 50.1 Å². The van der Waals surface area contributed by atoms with Gasteiger partial charge in [-0.15, -0.1) is 0 Å². The minimum Gasteiger partial charge on any atom is -0.496 e. The van der Waals surface area contributed by atoms with Crippen molar-refractivity contribution in [3.05, 3.63) is 65.2 Å². The van der Waals surface area contributed by atoms with Crippen LogP contribution in [0.1, 0.15) is 59.5 Å². The standard InChI is InChI=1S/C26H32N2O4/c1-31-17-16-28-25(30)21-12-6-5-11-20(21)23(26(28)14-8-3-9-15-26)24(29)27-18-19-10-4-7-13-22(19)32-2/h4-7,10-13,23H,3,8-9,14-18H2,1-2H3,(H,27,29). The van der Waals surface area contributed by atoms with Crippen LogP contribution in [-0.2, 0) is 16.1 Å². The fourth-order valence-electron chi connectivity index (χ4n) is 5.48. The number of hydrogen-bond acceptors (Lipinski definition) is 4. The Kier molecular flexibility index (Phi) is 6.80. The molecule has 1 aliphatic carbocycles. The summed E-state index contributed by atoms with van der Waals surface area (Å²) in [6.45, 7) is 1.31. The van der Waals surface area contributed by atoms with Gasteiger partial charge in [-0.05, 0) is 30.5 Å². The highest BCUT2D eigenvalue weighted by Crippen LogP contribution is 2.49. The molecule has 0 bridgehead atoms. The second kappa shape index (κ2) is 9.74. The van der Waals surface area contributed by atoms with Crippen molar-refractivity contribution in [2.75, 3.05) is 27.4 Å². The Morgan fingerprint density at radius 1 is 1.06 bits per heavy atom. The third-order valence-electron chi connectivity index (χ3n) is 6.97. The molecule has 1 heterocycles. The second-order valence-corrected chi connectivity index (χ2v) is 8.66. The van der Waals surface area contributed by atoms with Gasteiger partial charge in [0.05, 0.1) is 25.2 Å². The quantitative estimate of drug-likeness (QED) is 0.715. The molecular formula is C26H32N2O4. The van der Waals surface area contributed by atoms with Gasteiger partial charge >= 0.3 is 0 Å². The van der Waals surface area contributed by atoms with Crippen molar-refractivity contribution in [3.63, 3.8) is 0 Å². The molecule has 0 saturated heterocycles.